The first-order chi connectivity index (χ1) is 16.7. The van der Waals surface area contributed by atoms with Gasteiger partial charge in [-0.2, -0.15) is 0 Å². The fourth-order valence-corrected chi connectivity index (χ4v) is 5.65. The topological polar surface area (TPSA) is 52.0 Å². The van der Waals surface area contributed by atoms with Crippen LogP contribution >= 0.6 is 11.8 Å². The lowest BCUT2D eigenvalue weighted by Crippen LogP contribution is -2.24. The summed E-state index contributed by atoms with van der Waals surface area (Å²) in [5.74, 6) is 0.915. The summed E-state index contributed by atoms with van der Waals surface area (Å²) in [5, 5.41) is 1.16. The van der Waals surface area contributed by atoms with Gasteiger partial charge in [0.2, 0.25) is 0 Å². The highest BCUT2D eigenvalue weighted by Gasteiger charge is 2.17. The average Bonchev–Trinajstić information content (AvgIpc) is 2.90. The minimum Gasteiger partial charge on any atom is -0.293 e. The van der Waals surface area contributed by atoms with E-state index in [0.29, 0.717) is 34.1 Å². The van der Waals surface area contributed by atoms with E-state index >= 15 is 0 Å². The zero-order chi connectivity index (χ0) is 23.3. The van der Waals surface area contributed by atoms with Gasteiger partial charge in [-0.1, -0.05) is 97.8 Å². The fraction of sp³-hybridized carbons (Fsp3) is 0.276. The van der Waals surface area contributed by atoms with E-state index in [4.69, 9.17) is 4.98 Å². The number of hydrogen-bond acceptors (Lipinski definition) is 4. The number of Topliss-reactive ketones (excluding diaryl/α,β-unsaturated/α-hetero) is 1. The molecule has 0 unspecified atom stereocenters. The number of benzene rings is 3. The minimum atomic E-state index is -0.0822. The van der Waals surface area contributed by atoms with E-state index in [1.807, 2.05) is 60.7 Å². The molecule has 1 fully saturated rings. The van der Waals surface area contributed by atoms with Crippen LogP contribution in [0.25, 0.3) is 10.9 Å². The number of hydrogen-bond donors (Lipinski definition) is 0. The van der Waals surface area contributed by atoms with Crippen LogP contribution in [0.4, 0.5) is 0 Å². The molecule has 3 aromatic carbocycles. The molecule has 1 saturated carbocycles. The lowest BCUT2D eigenvalue weighted by molar-refractivity contribution is 0.102. The van der Waals surface area contributed by atoms with Crippen LogP contribution in [0.3, 0.4) is 0 Å². The Morgan fingerprint density at radius 1 is 0.882 bits per heavy atom. The lowest BCUT2D eigenvalue weighted by Gasteiger charge is -2.22. The summed E-state index contributed by atoms with van der Waals surface area (Å²) in [6.45, 7) is 0.421. The normalized spacial score (nSPS) is 14.4. The predicted octanol–water partition coefficient (Wildman–Crippen LogP) is 6.47. The predicted molar refractivity (Wildman–Crippen MR) is 139 cm³/mol. The maximum atomic E-state index is 13.3. The van der Waals surface area contributed by atoms with Crippen molar-refractivity contribution in [3.05, 3.63) is 106 Å². The average molecular weight is 469 g/mol. The molecule has 1 heterocycles. The number of thioether (sulfide) groups is 1. The third kappa shape index (κ3) is 5.00. The van der Waals surface area contributed by atoms with Crippen molar-refractivity contribution in [1.29, 1.82) is 0 Å². The first-order valence-corrected chi connectivity index (χ1v) is 13.0. The zero-order valence-electron chi connectivity index (χ0n) is 19.2. The quantitative estimate of drug-likeness (QED) is 0.177. The zero-order valence-corrected chi connectivity index (χ0v) is 20.0. The second-order valence-electron chi connectivity index (χ2n) is 8.96. The SMILES string of the molecule is O=C(CSc1nc2ccccc2c(=O)n1Cc1ccccc1)c1ccc(C2CCCCC2)cc1. The summed E-state index contributed by atoms with van der Waals surface area (Å²) in [7, 11) is 0. The Morgan fingerprint density at radius 3 is 2.35 bits per heavy atom. The third-order valence-electron chi connectivity index (χ3n) is 6.65. The van der Waals surface area contributed by atoms with Crippen molar-refractivity contribution in [2.75, 3.05) is 5.75 Å². The molecule has 172 valence electrons. The van der Waals surface area contributed by atoms with E-state index in [-0.39, 0.29) is 17.1 Å². The molecule has 0 radical (unpaired) electrons. The number of carbonyl (C=O) groups excluding carboxylic acids is 1. The van der Waals surface area contributed by atoms with Crippen LogP contribution in [0, 0.1) is 0 Å². The Hall–Kier alpha value is -3.18. The maximum Gasteiger partial charge on any atom is 0.262 e. The summed E-state index contributed by atoms with van der Waals surface area (Å²) in [6.07, 6.45) is 6.42. The highest BCUT2D eigenvalue weighted by atomic mass is 32.2. The molecule has 5 heteroatoms. The molecular formula is C29H28N2O2S. The molecule has 5 rings (SSSR count). The molecule has 34 heavy (non-hydrogen) atoms. The molecule has 0 atom stereocenters. The van der Waals surface area contributed by atoms with Crippen molar-refractivity contribution in [3.63, 3.8) is 0 Å². The second-order valence-corrected chi connectivity index (χ2v) is 9.90. The van der Waals surface area contributed by atoms with Crippen molar-refractivity contribution in [1.82, 2.24) is 9.55 Å². The number of rotatable bonds is 7. The molecule has 1 aromatic heterocycles. The number of para-hydroxylation sites is 1. The Balaban J connectivity index is 1.37. The van der Waals surface area contributed by atoms with Gasteiger partial charge >= 0.3 is 0 Å². The number of fused-ring (bicyclic) bond motifs is 1. The molecule has 0 aliphatic heterocycles. The van der Waals surface area contributed by atoms with Crippen LogP contribution < -0.4 is 5.56 Å². The fourth-order valence-electron chi connectivity index (χ4n) is 4.75. The second kappa shape index (κ2) is 10.4. The van der Waals surface area contributed by atoms with Crippen LogP contribution in [0.1, 0.15) is 59.5 Å². The van der Waals surface area contributed by atoms with Gasteiger partial charge in [0.25, 0.3) is 5.56 Å². The maximum absolute atomic E-state index is 13.3. The Bertz CT molecular complexity index is 1340. The smallest absolute Gasteiger partial charge is 0.262 e. The van der Waals surface area contributed by atoms with Gasteiger partial charge in [-0.3, -0.25) is 14.2 Å². The molecule has 0 bridgehead atoms. The van der Waals surface area contributed by atoms with Crippen molar-refractivity contribution in [2.24, 2.45) is 0 Å². The van der Waals surface area contributed by atoms with Gasteiger partial charge in [-0.15, -0.1) is 0 Å². The molecule has 1 aliphatic carbocycles. The first kappa shape index (κ1) is 22.6. The van der Waals surface area contributed by atoms with Gasteiger partial charge in [0.1, 0.15) is 0 Å². The van der Waals surface area contributed by atoms with Crippen LogP contribution in [-0.4, -0.2) is 21.1 Å². The summed E-state index contributed by atoms with van der Waals surface area (Å²) in [4.78, 5) is 31.0. The minimum absolute atomic E-state index is 0.0499. The first-order valence-electron chi connectivity index (χ1n) is 12.0. The molecule has 0 saturated heterocycles. The molecule has 1 aliphatic rings. The molecule has 4 aromatic rings. The lowest BCUT2D eigenvalue weighted by atomic mass is 9.84. The third-order valence-corrected chi connectivity index (χ3v) is 7.63. The molecular weight excluding hydrogens is 440 g/mol. The van der Waals surface area contributed by atoms with Gasteiger partial charge in [0, 0.05) is 5.56 Å². The van der Waals surface area contributed by atoms with Gasteiger partial charge in [-0.25, -0.2) is 4.98 Å². The standard InChI is InChI=1S/C29H28N2O2S/c32-27(24-17-15-23(16-18-24)22-11-5-2-6-12-22)20-34-29-30-26-14-8-7-13-25(26)28(33)31(29)19-21-9-3-1-4-10-21/h1,3-4,7-10,13-18,22H,2,5-6,11-12,19-20H2. The van der Waals surface area contributed by atoms with Gasteiger partial charge in [-0.05, 0) is 42.0 Å². The number of ketones is 1. The summed E-state index contributed by atoms with van der Waals surface area (Å²) in [5.41, 5.74) is 3.65. The number of aromatic nitrogens is 2. The van der Waals surface area contributed by atoms with Crippen LogP contribution in [0.5, 0.6) is 0 Å². The van der Waals surface area contributed by atoms with E-state index in [9.17, 15) is 9.59 Å². The van der Waals surface area contributed by atoms with E-state index < -0.39 is 0 Å². The molecule has 4 nitrogen and oxygen atoms in total. The summed E-state index contributed by atoms with van der Waals surface area (Å²) in [6, 6.07) is 25.4. The monoisotopic (exact) mass is 468 g/mol. The summed E-state index contributed by atoms with van der Waals surface area (Å²) < 4.78 is 1.68. The largest absolute Gasteiger partial charge is 0.293 e. The van der Waals surface area contributed by atoms with Crippen LogP contribution in [0.15, 0.2) is 88.8 Å². The van der Waals surface area contributed by atoms with E-state index in [2.05, 4.69) is 12.1 Å². The van der Waals surface area contributed by atoms with Crippen molar-refractivity contribution in [2.45, 2.75) is 49.7 Å². The highest BCUT2D eigenvalue weighted by molar-refractivity contribution is 7.99. The Labute approximate surface area is 204 Å². The van der Waals surface area contributed by atoms with E-state index in [1.54, 1.807) is 10.6 Å². The Kier molecular flexibility index (Phi) is 6.91. The molecule has 0 amide bonds. The van der Waals surface area contributed by atoms with Crippen molar-refractivity contribution >= 4 is 28.4 Å². The summed E-state index contributed by atoms with van der Waals surface area (Å²) >= 11 is 1.33. The number of carbonyl (C=O) groups is 1. The van der Waals surface area contributed by atoms with E-state index in [0.717, 1.165) is 5.56 Å². The molecule has 0 N–H and O–H groups in total. The van der Waals surface area contributed by atoms with Crippen molar-refractivity contribution < 1.29 is 4.79 Å². The van der Waals surface area contributed by atoms with Crippen LogP contribution in [-0.2, 0) is 6.54 Å². The highest BCUT2D eigenvalue weighted by Crippen LogP contribution is 2.32. The molecule has 0 spiro atoms. The Morgan fingerprint density at radius 2 is 1.59 bits per heavy atom. The van der Waals surface area contributed by atoms with Gasteiger partial charge in [0.15, 0.2) is 10.9 Å². The number of nitrogens with zero attached hydrogens (tertiary/aromatic N) is 2. The van der Waals surface area contributed by atoms with E-state index in [1.165, 1.54) is 49.4 Å². The van der Waals surface area contributed by atoms with Gasteiger partial charge in [0.05, 0.1) is 23.2 Å². The van der Waals surface area contributed by atoms with Crippen LogP contribution in [0.2, 0.25) is 0 Å². The van der Waals surface area contributed by atoms with Crippen molar-refractivity contribution in [3.8, 4) is 0 Å². The van der Waals surface area contributed by atoms with Gasteiger partial charge < -0.3 is 0 Å².